The molecule has 0 bridgehead atoms. The minimum Gasteiger partial charge on any atom is -0.497 e. The number of pyridine rings is 1. The summed E-state index contributed by atoms with van der Waals surface area (Å²) in [6.07, 6.45) is -1.58. The molecule has 2 aromatic rings. The van der Waals surface area contributed by atoms with E-state index in [0.717, 1.165) is 23.8 Å². The van der Waals surface area contributed by atoms with Gasteiger partial charge in [-0.05, 0) is 43.5 Å². The van der Waals surface area contributed by atoms with Crippen molar-refractivity contribution >= 4 is 11.9 Å². The van der Waals surface area contributed by atoms with E-state index in [0.29, 0.717) is 6.42 Å². The molecule has 1 aromatic carbocycles. The highest BCUT2D eigenvalue weighted by Gasteiger charge is 2.33. The van der Waals surface area contributed by atoms with Gasteiger partial charge in [-0.1, -0.05) is 12.1 Å². The number of rotatable bonds is 6. The van der Waals surface area contributed by atoms with Crippen LogP contribution < -0.4 is 4.74 Å². The Hall–Kier alpha value is -2.41. The number of nitrogens with zero attached hydrogens (tertiary/aromatic N) is 2. The van der Waals surface area contributed by atoms with Crippen molar-refractivity contribution in [1.82, 2.24) is 4.98 Å². The van der Waals surface area contributed by atoms with Crippen LogP contribution >= 0.6 is 0 Å². The van der Waals surface area contributed by atoms with Gasteiger partial charge in [0.2, 0.25) is 0 Å². The van der Waals surface area contributed by atoms with E-state index in [1.807, 2.05) is 24.3 Å². The first-order chi connectivity index (χ1) is 11.8. The lowest BCUT2D eigenvalue weighted by Crippen LogP contribution is -2.10. The van der Waals surface area contributed by atoms with Gasteiger partial charge in [-0.25, -0.2) is 4.98 Å². The molecule has 1 N–H and O–H groups in total. The molecule has 25 heavy (non-hydrogen) atoms. The molecule has 0 aliphatic heterocycles. The van der Waals surface area contributed by atoms with E-state index in [4.69, 9.17) is 4.74 Å². The van der Waals surface area contributed by atoms with Crippen LogP contribution in [-0.4, -0.2) is 23.4 Å². The summed E-state index contributed by atoms with van der Waals surface area (Å²) in [5.41, 5.74) is 0.605. The van der Waals surface area contributed by atoms with Crippen LogP contribution in [0.1, 0.15) is 28.9 Å². The second-order valence-corrected chi connectivity index (χ2v) is 5.45. The molecule has 0 spiro atoms. The topological polar surface area (TPSA) is 54.7 Å². The Kier molecular flexibility index (Phi) is 6.14. The zero-order chi connectivity index (χ0) is 18.4. The summed E-state index contributed by atoms with van der Waals surface area (Å²) in [5, 5.41) is 9.34. The average Bonchev–Trinajstić information content (AvgIpc) is 2.58. The van der Waals surface area contributed by atoms with E-state index in [9.17, 15) is 18.3 Å². The van der Waals surface area contributed by atoms with Crippen LogP contribution in [0.3, 0.4) is 0 Å². The monoisotopic (exact) mass is 352 g/mol. The third-order valence-electron chi connectivity index (χ3n) is 3.65. The third-order valence-corrected chi connectivity index (χ3v) is 3.65. The molecule has 7 heteroatoms. The van der Waals surface area contributed by atoms with Crippen LogP contribution in [-0.2, 0) is 19.2 Å². The first-order valence-electron chi connectivity index (χ1n) is 7.69. The summed E-state index contributed by atoms with van der Waals surface area (Å²) in [5.74, 6) is 0.774. The summed E-state index contributed by atoms with van der Waals surface area (Å²) >= 11 is 0. The number of ether oxygens (including phenoxy) is 1. The van der Waals surface area contributed by atoms with E-state index in [-0.39, 0.29) is 16.9 Å². The van der Waals surface area contributed by atoms with Gasteiger partial charge in [0.15, 0.2) is 0 Å². The minimum atomic E-state index is -4.55. The van der Waals surface area contributed by atoms with Crippen molar-refractivity contribution in [3.8, 4) is 5.75 Å². The van der Waals surface area contributed by atoms with Crippen LogP contribution in [0, 0.1) is 6.92 Å². The maximum Gasteiger partial charge on any atom is 0.433 e. The lowest BCUT2D eigenvalue weighted by Gasteiger charge is -2.11. The van der Waals surface area contributed by atoms with Crippen molar-refractivity contribution < 1.29 is 23.0 Å². The fourth-order valence-corrected chi connectivity index (χ4v) is 2.35. The van der Waals surface area contributed by atoms with Crippen molar-refractivity contribution in [3.63, 3.8) is 0 Å². The summed E-state index contributed by atoms with van der Waals surface area (Å²) < 4.78 is 43.4. The largest absolute Gasteiger partial charge is 0.497 e. The smallest absolute Gasteiger partial charge is 0.433 e. The molecule has 0 amide bonds. The van der Waals surface area contributed by atoms with E-state index in [2.05, 4.69) is 9.98 Å². The van der Waals surface area contributed by atoms with Gasteiger partial charge in [-0.2, -0.15) is 13.2 Å². The van der Waals surface area contributed by atoms with Crippen LogP contribution in [0.25, 0.3) is 0 Å². The maximum absolute atomic E-state index is 12.8. The Morgan fingerprint density at radius 3 is 2.48 bits per heavy atom. The highest BCUT2D eigenvalue weighted by Crippen LogP contribution is 2.32. The van der Waals surface area contributed by atoms with Gasteiger partial charge in [0, 0.05) is 11.8 Å². The molecule has 0 atom stereocenters. The van der Waals surface area contributed by atoms with Crippen molar-refractivity contribution in [2.45, 2.75) is 32.5 Å². The van der Waals surface area contributed by atoms with Gasteiger partial charge in [0.05, 0.1) is 25.1 Å². The first-order valence-corrected chi connectivity index (χ1v) is 7.69. The van der Waals surface area contributed by atoms with Gasteiger partial charge in [0.1, 0.15) is 11.4 Å². The molecule has 0 saturated heterocycles. The number of halogens is 3. The standard InChI is InChI=1S/C18H19F3N2O2/c1-12-17(14(11-24)10-16(23-12)18(19,20)21)22-9-3-4-13-5-7-15(25-2)8-6-13/h5-10,24H,3-4,11H2,1-2H3. The number of alkyl halides is 3. The van der Waals surface area contributed by atoms with Gasteiger partial charge in [-0.15, -0.1) is 0 Å². The average molecular weight is 352 g/mol. The molecule has 0 radical (unpaired) electrons. The Bertz CT molecular complexity index is 741. The quantitative estimate of drug-likeness (QED) is 0.791. The Labute approximate surface area is 144 Å². The molecule has 1 heterocycles. The fraction of sp³-hybridized carbons (Fsp3) is 0.333. The number of methoxy groups -OCH3 is 1. The number of aliphatic hydroxyl groups is 1. The number of aromatic nitrogens is 1. The molecule has 0 fully saturated rings. The molecule has 134 valence electrons. The highest BCUT2D eigenvalue weighted by molar-refractivity contribution is 5.66. The van der Waals surface area contributed by atoms with Gasteiger partial charge >= 0.3 is 6.18 Å². The number of aliphatic hydroxyl groups excluding tert-OH is 1. The SMILES string of the molecule is COc1ccc(CCC=Nc2c(CO)cc(C(F)(F)F)nc2C)cc1. The molecule has 0 aliphatic carbocycles. The zero-order valence-corrected chi connectivity index (χ0v) is 14.0. The van der Waals surface area contributed by atoms with Crippen molar-refractivity contribution in [1.29, 1.82) is 0 Å². The normalized spacial score (nSPS) is 11.9. The van der Waals surface area contributed by atoms with Crippen LogP contribution in [0.15, 0.2) is 35.3 Å². The Morgan fingerprint density at radius 2 is 1.92 bits per heavy atom. The van der Waals surface area contributed by atoms with Crippen LogP contribution in [0.5, 0.6) is 5.75 Å². The van der Waals surface area contributed by atoms with E-state index < -0.39 is 18.5 Å². The van der Waals surface area contributed by atoms with Gasteiger partial charge < -0.3 is 9.84 Å². The van der Waals surface area contributed by atoms with E-state index in [1.54, 1.807) is 13.3 Å². The molecule has 4 nitrogen and oxygen atoms in total. The van der Waals surface area contributed by atoms with Crippen molar-refractivity contribution in [2.75, 3.05) is 7.11 Å². The zero-order valence-electron chi connectivity index (χ0n) is 14.0. The first kappa shape index (κ1) is 18.9. The number of hydrogen-bond donors (Lipinski definition) is 1. The number of hydrogen-bond acceptors (Lipinski definition) is 4. The minimum absolute atomic E-state index is 0.112. The molecule has 0 saturated carbocycles. The summed E-state index contributed by atoms with van der Waals surface area (Å²) in [7, 11) is 1.60. The molecule has 2 rings (SSSR count). The van der Waals surface area contributed by atoms with Crippen LogP contribution in [0.2, 0.25) is 0 Å². The summed E-state index contributed by atoms with van der Waals surface area (Å²) in [4.78, 5) is 7.75. The van der Waals surface area contributed by atoms with Crippen molar-refractivity contribution in [2.24, 2.45) is 4.99 Å². The molecule has 0 aliphatic rings. The molecule has 0 unspecified atom stereocenters. The molecular formula is C18H19F3N2O2. The molecular weight excluding hydrogens is 333 g/mol. The van der Waals surface area contributed by atoms with E-state index in [1.165, 1.54) is 6.92 Å². The maximum atomic E-state index is 12.8. The van der Waals surface area contributed by atoms with Gasteiger partial charge in [-0.3, -0.25) is 4.99 Å². The summed E-state index contributed by atoms with van der Waals surface area (Å²) in [6, 6.07) is 8.44. The second kappa shape index (κ2) is 8.11. The van der Waals surface area contributed by atoms with E-state index >= 15 is 0 Å². The highest BCUT2D eigenvalue weighted by atomic mass is 19.4. The third kappa shape index (κ3) is 5.03. The Balaban J connectivity index is 2.09. The van der Waals surface area contributed by atoms with Crippen LogP contribution in [0.4, 0.5) is 18.9 Å². The lowest BCUT2D eigenvalue weighted by atomic mass is 10.1. The Morgan fingerprint density at radius 1 is 1.24 bits per heavy atom. The number of aryl methyl sites for hydroxylation is 2. The summed E-state index contributed by atoms with van der Waals surface area (Å²) in [6.45, 7) is 0.919. The van der Waals surface area contributed by atoms with Crippen molar-refractivity contribution in [3.05, 3.63) is 52.8 Å². The predicted molar refractivity (Wildman–Crippen MR) is 89.4 cm³/mol. The lowest BCUT2D eigenvalue weighted by molar-refractivity contribution is -0.141. The molecule has 1 aromatic heterocycles. The number of aliphatic imine (C=N–C) groups is 1. The second-order valence-electron chi connectivity index (χ2n) is 5.45. The number of benzene rings is 1. The fourth-order valence-electron chi connectivity index (χ4n) is 2.35. The predicted octanol–water partition coefficient (Wildman–Crippen LogP) is 4.24. The van der Waals surface area contributed by atoms with Gasteiger partial charge in [0.25, 0.3) is 0 Å².